The van der Waals surface area contributed by atoms with Crippen LogP contribution in [0, 0.1) is 6.92 Å². The van der Waals surface area contributed by atoms with Crippen molar-refractivity contribution in [3.8, 4) is 0 Å². The first-order valence-corrected chi connectivity index (χ1v) is 9.79. The lowest BCUT2D eigenvalue weighted by atomic mass is 9.95. The minimum absolute atomic E-state index is 0.398. The largest absolute Gasteiger partial charge is 0.467 e. The van der Waals surface area contributed by atoms with Crippen LogP contribution < -0.4 is 10.6 Å². The molecular weight excluding hydrogens is 376 g/mol. The SMILES string of the molecule is C=C/C(=C(/C)C=C(C)C)c1ccc(NCc2ccco2)cc1C.C=C1CNC(=O)O1. The number of rotatable bonds is 6. The Bertz CT molecular complexity index is 948. The van der Waals surface area contributed by atoms with Crippen molar-refractivity contribution in [1.82, 2.24) is 5.32 Å². The minimum atomic E-state index is -0.398. The molecule has 5 nitrogen and oxygen atoms in total. The predicted molar refractivity (Wildman–Crippen MR) is 123 cm³/mol. The van der Waals surface area contributed by atoms with Crippen molar-refractivity contribution in [1.29, 1.82) is 0 Å². The Morgan fingerprint density at radius 1 is 1.27 bits per heavy atom. The van der Waals surface area contributed by atoms with E-state index in [1.807, 2.05) is 18.2 Å². The number of hydrogen-bond donors (Lipinski definition) is 2. The second kappa shape index (κ2) is 10.9. The maximum Gasteiger partial charge on any atom is 0.412 e. The van der Waals surface area contributed by atoms with Crippen molar-refractivity contribution in [2.75, 3.05) is 11.9 Å². The zero-order valence-corrected chi connectivity index (χ0v) is 18.2. The summed E-state index contributed by atoms with van der Waals surface area (Å²) in [5.74, 6) is 1.42. The van der Waals surface area contributed by atoms with Gasteiger partial charge in [0, 0.05) is 5.69 Å². The number of furan rings is 1. The monoisotopic (exact) mass is 406 g/mol. The van der Waals surface area contributed by atoms with Gasteiger partial charge < -0.3 is 19.8 Å². The van der Waals surface area contributed by atoms with Crippen molar-refractivity contribution in [2.24, 2.45) is 0 Å². The number of aryl methyl sites for hydroxylation is 1. The molecule has 3 rings (SSSR count). The summed E-state index contributed by atoms with van der Waals surface area (Å²) in [4.78, 5) is 10.1. The smallest absolute Gasteiger partial charge is 0.412 e. The molecule has 0 saturated carbocycles. The summed E-state index contributed by atoms with van der Waals surface area (Å²) >= 11 is 0. The number of amides is 1. The van der Waals surface area contributed by atoms with Crippen LogP contribution >= 0.6 is 0 Å². The van der Waals surface area contributed by atoms with Gasteiger partial charge in [0.2, 0.25) is 0 Å². The van der Waals surface area contributed by atoms with Crippen LogP contribution in [0.15, 0.2) is 83.2 Å². The number of alkyl carbamates (subject to hydrolysis) is 1. The first kappa shape index (κ1) is 22.8. The summed E-state index contributed by atoms with van der Waals surface area (Å²) in [6, 6.07) is 10.3. The lowest BCUT2D eigenvalue weighted by Crippen LogP contribution is -2.11. The van der Waals surface area contributed by atoms with Crippen LogP contribution in [-0.4, -0.2) is 12.6 Å². The Morgan fingerprint density at radius 2 is 2.03 bits per heavy atom. The van der Waals surface area contributed by atoms with Gasteiger partial charge in [-0.2, -0.15) is 0 Å². The third kappa shape index (κ3) is 6.85. The Labute approximate surface area is 178 Å². The second-order valence-electron chi connectivity index (χ2n) is 7.27. The highest BCUT2D eigenvalue weighted by Gasteiger charge is 2.12. The quantitative estimate of drug-likeness (QED) is 0.548. The molecule has 1 saturated heterocycles. The van der Waals surface area contributed by atoms with Gasteiger partial charge in [-0.15, -0.1) is 0 Å². The molecule has 0 bridgehead atoms. The van der Waals surface area contributed by atoms with Crippen LogP contribution in [-0.2, 0) is 11.3 Å². The fraction of sp³-hybridized carbons (Fsp3) is 0.240. The zero-order chi connectivity index (χ0) is 22.1. The van der Waals surface area contributed by atoms with E-state index < -0.39 is 6.09 Å². The molecule has 1 fully saturated rings. The zero-order valence-electron chi connectivity index (χ0n) is 18.2. The number of carbonyl (C=O) groups is 1. The molecule has 1 aromatic carbocycles. The van der Waals surface area contributed by atoms with E-state index in [2.05, 4.69) is 80.5 Å². The molecule has 0 atom stereocenters. The van der Waals surface area contributed by atoms with Crippen LogP contribution in [0.1, 0.15) is 37.7 Å². The van der Waals surface area contributed by atoms with Crippen LogP contribution in [0.5, 0.6) is 0 Å². The molecule has 1 aliphatic heterocycles. The van der Waals surface area contributed by atoms with Gasteiger partial charge in [-0.3, -0.25) is 0 Å². The molecule has 0 unspecified atom stereocenters. The Kier molecular flexibility index (Phi) is 8.29. The van der Waals surface area contributed by atoms with Crippen molar-refractivity contribution in [2.45, 2.75) is 34.2 Å². The summed E-state index contributed by atoms with van der Waals surface area (Å²) in [5, 5.41) is 5.79. The van der Waals surface area contributed by atoms with Crippen LogP contribution in [0.2, 0.25) is 0 Å². The predicted octanol–water partition coefficient (Wildman–Crippen LogP) is 6.37. The average molecular weight is 407 g/mol. The average Bonchev–Trinajstić information content (AvgIpc) is 3.33. The Hall–Kier alpha value is -3.47. The fourth-order valence-electron chi connectivity index (χ4n) is 3.05. The van der Waals surface area contributed by atoms with Crippen molar-refractivity contribution in [3.63, 3.8) is 0 Å². The van der Waals surface area contributed by atoms with Crippen LogP contribution in [0.4, 0.5) is 10.5 Å². The van der Waals surface area contributed by atoms with E-state index in [4.69, 9.17) is 4.42 Å². The summed E-state index contributed by atoms with van der Waals surface area (Å²) in [5.41, 5.74) is 7.24. The van der Waals surface area contributed by atoms with Gasteiger partial charge >= 0.3 is 6.09 Å². The molecule has 0 spiro atoms. The number of ether oxygens (including phenoxy) is 1. The van der Waals surface area contributed by atoms with Gasteiger partial charge in [0.1, 0.15) is 11.5 Å². The van der Waals surface area contributed by atoms with Gasteiger partial charge in [-0.25, -0.2) is 4.79 Å². The lowest BCUT2D eigenvalue weighted by molar-refractivity contribution is 0.195. The molecule has 2 N–H and O–H groups in total. The normalized spacial score (nSPS) is 13.3. The Morgan fingerprint density at radius 3 is 2.50 bits per heavy atom. The minimum Gasteiger partial charge on any atom is -0.467 e. The highest BCUT2D eigenvalue weighted by Crippen LogP contribution is 2.27. The van der Waals surface area contributed by atoms with Gasteiger partial charge in [-0.05, 0) is 74.2 Å². The molecular formula is C25H30N2O3. The molecule has 2 aromatic rings. The molecule has 0 aliphatic carbocycles. The standard InChI is InChI=1S/C21H25NO.C4H5NO2/c1-6-20(16(4)12-15(2)3)21-10-9-18(13-17(21)5)22-14-19-8-7-11-23-19;1-3-2-5-4(6)7-3/h6-13,22H,1,14H2,2-5H3;1-2H2,(H,5,6)/b20-16+;. The highest BCUT2D eigenvalue weighted by molar-refractivity contribution is 5.80. The summed E-state index contributed by atoms with van der Waals surface area (Å²) in [7, 11) is 0. The maximum absolute atomic E-state index is 10.1. The number of cyclic esters (lactones) is 1. The van der Waals surface area contributed by atoms with E-state index in [1.165, 1.54) is 27.8 Å². The van der Waals surface area contributed by atoms with Gasteiger partial charge in [0.15, 0.2) is 0 Å². The fourth-order valence-corrected chi connectivity index (χ4v) is 3.05. The summed E-state index contributed by atoms with van der Waals surface area (Å²) < 4.78 is 9.76. The molecule has 1 aliphatic rings. The van der Waals surface area contributed by atoms with Crippen LogP contribution in [0.3, 0.4) is 0 Å². The van der Waals surface area contributed by atoms with E-state index in [0.717, 1.165) is 11.4 Å². The third-order valence-electron chi connectivity index (χ3n) is 4.36. The molecule has 0 radical (unpaired) electrons. The Balaban J connectivity index is 0.000000386. The number of anilines is 1. The van der Waals surface area contributed by atoms with E-state index in [-0.39, 0.29) is 0 Å². The summed E-state index contributed by atoms with van der Waals surface area (Å²) in [6.07, 6.45) is 5.43. The van der Waals surface area contributed by atoms with Gasteiger partial charge in [-0.1, -0.05) is 36.9 Å². The van der Waals surface area contributed by atoms with E-state index in [9.17, 15) is 4.79 Å². The first-order chi connectivity index (χ1) is 14.3. The number of carbonyl (C=O) groups excluding carboxylic acids is 1. The van der Waals surface area contributed by atoms with E-state index >= 15 is 0 Å². The number of nitrogens with one attached hydrogen (secondary N) is 2. The topological polar surface area (TPSA) is 63.5 Å². The molecule has 1 aromatic heterocycles. The number of allylic oxidation sites excluding steroid dienone is 5. The molecule has 5 heteroatoms. The number of benzene rings is 1. The second-order valence-corrected chi connectivity index (χ2v) is 7.27. The molecule has 1 amide bonds. The first-order valence-electron chi connectivity index (χ1n) is 9.79. The van der Waals surface area contributed by atoms with Crippen molar-refractivity contribution in [3.05, 3.63) is 95.7 Å². The summed E-state index contributed by atoms with van der Waals surface area (Å²) in [6.45, 7) is 17.0. The third-order valence-corrected chi connectivity index (χ3v) is 4.36. The van der Waals surface area contributed by atoms with Crippen molar-refractivity contribution >= 4 is 17.4 Å². The van der Waals surface area contributed by atoms with Gasteiger partial charge in [0.05, 0.1) is 19.4 Å². The van der Waals surface area contributed by atoms with E-state index in [0.29, 0.717) is 18.8 Å². The van der Waals surface area contributed by atoms with Crippen molar-refractivity contribution < 1.29 is 13.9 Å². The highest BCUT2D eigenvalue weighted by atomic mass is 16.6. The molecule has 2 heterocycles. The molecule has 158 valence electrons. The number of hydrogen-bond acceptors (Lipinski definition) is 4. The van der Waals surface area contributed by atoms with Gasteiger partial charge in [0.25, 0.3) is 0 Å². The molecule has 30 heavy (non-hydrogen) atoms. The maximum atomic E-state index is 10.1. The lowest BCUT2D eigenvalue weighted by Gasteiger charge is -2.13. The van der Waals surface area contributed by atoms with E-state index in [1.54, 1.807) is 6.26 Å². The van der Waals surface area contributed by atoms with Crippen LogP contribution in [0.25, 0.3) is 5.57 Å².